The third kappa shape index (κ3) is 4.17. The molecule has 3 nitrogen and oxygen atoms in total. The van der Waals surface area contributed by atoms with Gasteiger partial charge in [0.05, 0.1) is 13.7 Å². The summed E-state index contributed by atoms with van der Waals surface area (Å²) >= 11 is 0. The number of methoxy groups -OCH3 is 2. The van der Waals surface area contributed by atoms with E-state index in [0.717, 1.165) is 37.9 Å². The molecular formula is C17H26FNO2. The van der Waals surface area contributed by atoms with Crippen LogP contribution in [0.4, 0.5) is 4.39 Å². The smallest absolute Gasteiger partial charge is 0.168 e. The molecule has 0 amide bonds. The Balaban J connectivity index is 2.05. The largest absolute Gasteiger partial charge is 0.494 e. The highest BCUT2D eigenvalue weighted by Gasteiger charge is 2.34. The summed E-state index contributed by atoms with van der Waals surface area (Å²) < 4.78 is 24.5. The van der Waals surface area contributed by atoms with E-state index in [1.165, 1.54) is 20.0 Å². The van der Waals surface area contributed by atoms with Crippen molar-refractivity contribution in [3.05, 3.63) is 29.6 Å². The molecule has 118 valence electrons. The molecular weight excluding hydrogens is 269 g/mol. The zero-order valence-electron chi connectivity index (χ0n) is 13.1. The van der Waals surface area contributed by atoms with Crippen LogP contribution in [0, 0.1) is 11.2 Å². The number of nitrogens with one attached hydrogen (secondary N) is 1. The minimum absolute atomic E-state index is 0.168. The zero-order valence-corrected chi connectivity index (χ0v) is 13.1. The summed E-state index contributed by atoms with van der Waals surface area (Å²) in [5.74, 6) is 0.135. The molecule has 0 heterocycles. The lowest BCUT2D eigenvalue weighted by molar-refractivity contribution is 0.189. The van der Waals surface area contributed by atoms with Gasteiger partial charge in [-0.3, -0.25) is 0 Å². The van der Waals surface area contributed by atoms with Crippen molar-refractivity contribution in [3.8, 4) is 5.75 Å². The average Bonchev–Trinajstić information content (AvgIpc) is 2.95. The lowest BCUT2D eigenvalue weighted by Gasteiger charge is -2.30. The SMILES string of the molecule is COCCNCC1(Cc2cccc(OC)c2F)CCCC1. The van der Waals surface area contributed by atoms with Crippen molar-refractivity contribution < 1.29 is 13.9 Å². The molecule has 21 heavy (non-hydrogen) atoms. The van der Waals surface area contributed by atoms with Crippen molar-refractivity contribution in [3.63, 3.8) is 0 Å². The molecule has 0 spiro atoms. The van der Waals surface area contributed by atoms with Crippen LogP contribution in [0.5, 0.6) is 5.75 Å². The highest BCUT2D eigenvalue weighted by Crippen LogP contribution is 2.41. The molecule has 1 saturated carbocycles. The Bertz CT molecular complexity index is 444. The van der Waals surface area contributed by atoms with E-state index >= 15 is 0 Å². The van der Waals surface area contributed by atoms with Crippen molar-refractivity contribution in [2.75, 3.05) is 33.9 Å². The van der Waals surface area contributed by atoms with E-state index in [4.69, 9.17) is 9.47 Å². The predicted octanol–water partition coefficient (Wildman–Crippen LogP) is 3.17. The maximum atomic E-state index is 14.4. The highest BCUT2D eigenvalue weighted by molar-refractivity contribution is 5.32. The van der Waals surface area contributed by atoms with Crippen molar-refractivity contribution >= 4 is 0 Å². The number of benzene rings is 1. The van der Waals surface area contributed by atoms with Crippen molar-refractivity contribution in [1.29, 1.82) is 0 Å². The first-order valence-electron chi connectivity index (χ1n) is 7.72. The Morgan fingerprint density at radius 2 is 2.00 bits per heavy atom. The molecule has 0 radical (unpaired) electrons. The van der Waals surface area contributed by atoms with Gasteiger partial charge in [0.15, 0.2) is 11.6 Å². The second-order valence-electron chi connectivity index (χ2n) is 5.99. The molecule has 0 saturated heterocycles. The quantitative estimate of drug-likeness (QED) is 0.747. The average molecular weight is 295 g/mol. The Hall–Kier alpha value is -1.13. The summed E-state index contributed by atoms with van der Waals surface area (Å²) in [6.07, 6.45) is 5.55. The first-order chi connectivity index (χ1) is 10.2. The molecule has 1 aliphatic rings. The lowest BCUT2D eigenvalue weighted by Crippen LogP contribution is -2.35. The number of halogens is 1. The van der Waals surface area contributed by atoms with Crippen LogP contribution in [0.25, 0.3) is 0 Å². The fourth-order valence-electron chi connectivity index (χ4n) is 3.32. The van der Waals surface area contributed by atoms with Crippen LogP contribution in [0.2, 0.25) is 0 Å². The van der Waals surface area contributed by atoms with Gasteiger partial charge >= 0.3 is 0 Å². The van der Waals surface area contributed by atoms with E-state index in [1.54, 1.807) is 13.2 Å². The zero-order chi connectivity index (χ0) is 15.1. The molecule has 1 fully saturated rings. The summed E-state index contributed by atoms with van der Waals surface area (Å²) in [4.78, 5) is 0. The molecule has 0 atom stereocenters. The maximum absolute atomic E-state index is 14.4. The van der Waals surface area contributed by atoms with E-state index in [-0.39, 0.29) is 11.2 Å². The Labute approximate surface area is 126 Å². The normalized spacial score (nSPS) is 17.1. The molecule has 0 unspecified atom stereocenters. The number of hydrogen-bond donors (Lipinski definition) is 1. The number of rotatable bonds is 8. The summed E-state index contributed by atoms with van der Waals surface area (Å²) in [5.41, 5.74) is 0.936. The standard InChI is InChI=1S/C17H26FNO2/c1-20-11-10-19-13-17(8-3-4-9-17)12-14-6-5-7-15(21-2)16(14)18/h5-7,19H,3-4,8-13H2,1-2H3. The van der Waals surface area contributed by atoms with Gasteiger partial charge in [-0.25, -0.2) is 4.39 Å². The number of hydrogen-bond acceptors (Lipinski definition) is 3. The van der Waals surface area contributed by atoms with Crippen molar-refractivity contribution in [2.24, 2.45) is 5.41 Å². The molecule has 1 aromatic carbocycles. The van der Waals surface area contributed by atoms with Gasteiger partial charge in [-0.15, -0.1) is 0 Å². The molecule has 1 aromatic rings. The molecule has 1 N–H and O–H groups in total. The molecule has 1 aliphatic carbocycles. The Morgan fingerprint density at radius 1 is 1.24 bits per heavy atom. The monoisotopic (exact) mass is 295 g/mol. The maximum Gasteiger partial charge on any atom is 0.168 e. The van der Waals surface area contributed by atoms with Gasteiger partial charge < -0.3 is 14.8 Å². The topological polar surface area (TPSA) is 30.5 Å². The van der Waals surface area contributed by atoms with Gasteiger partial charge in [0, 0.05) is 20.2 Å². The van der Waals surface area contributed by atoms with Gasteiger partial charge in [-0.1, -0.05) is 25.0 Å². The van der Waals surface area contributed by atoms with Crippen LogP contribution in [0.15, 0.2) is 18.2 Å². The fourth-order valence-corrected chi connectivity index (χ4v) is 3.32. The van der Waals surface area contributed by atoms with Crippen molar-refractivity contribution in [2.45, 2.75) is 32.1 Å². The number of ether oxygens (including phenoxy) is 2. The van der Waals surface area contributed by atoms with Crippen LogP contribution in [-0.4, -0.2) is 33.9 Å². The van der Waals surface area contributed by atoms with Gasteiger partial charge in [0.2, 0.25) is 0 Å². The van der Waals surface area contributed by atoms with Crippen LogP contribution < -0.4 is 10.1 Å². The minimum atomic E-state index is -0.205. The molecule has 0 aliphatic heterocycles. The van der Waals surface area contributed by atoms with Crippen LogP contribution in [0.3, 0.4) is 0 Å². The second-order valence-corrected chi connectivity index (χ2v) is 5.99. The van der Waals surface area contributed by atoms with Gasteiger partial charge in [0.25, 0.3) is 0 Å². The van der Waals surface area contributed by atoms with E-state index in [9.17, 15) is 4.39 Å². The second kappa shape index (κ2) is 7.76. The van der Waals surface area contributed by atoms with Gasteiger partial charge in [-0.2, -0.15) is 0 Å². The van der Waals surface area contributed by atoms with Gasteiger partial charge in [0.1, 0.15) is 0 Å². The van der Waals surface area contributed by atoms with E-state index in [0.29, 0.717) is 12.4 Å². The van der Waals surface area contributed by atoms with Crippen molar-refractivity contribution in [1.82, 2.24) is 5.32 Å². The van der Waals surface area contributed by atoms with Gasteiger partial charge in [-0.05, 0) is 36.3 Å². The molecule has 4 heteroatoms. The third-order valence-corrected chi connectivity index (χ3v) is 4.48. The predicted molar refractivity (Wildman–Crippen MR) is 82.3 cm³/mol. The molecule has 2 rings (SSSR count). The summed E-state index contributed by atoms with van der Waals surface area (Å²) in [6, 6.07) is 5.43. The van der Waals surface area contributed by atoms with Crippen LogP contribution in [-0.2, 0) is 11.2 Å². The van der Waals surface area contributed by atoms with Crippen LogP contribution in [0.1, 0.15) is 31.2 Å². The first kappa shape index (κ1) is 16.2. The fraction of sp³-hybridized carbons (Fsp3) is 0.647. The van der Waals surface area contributed by atoms with E-state index < -0.39 is 0 Å². The summed E-state index contributed by atoms with van der Waals surface area (Å²) in [5, 5.41) is 3.46. The summed E-state index contributed by atoms with van der Waals surface area (Å²) in [7, 11) is 3.22. The molecule has 0 aromatic heterocycles. The molecule has 0 bridgehead atoms. The van der Waals surface area contributed by atoms with E-state index in [2.05, 4.69) is 5.32 Å². The Morgan fingerprint density at radius 3 is 2.67 bits per heavy atom. The lowest BCUT2D eigenvalue weighted by atomic mass is 9.79. The minimum Gasteiger partial charge on any atom is -0.494 e. The summed E-state index contributed by atoms with van der Waals surface area (Å²) in [6.45, 7) is 2.48. The third-order valence-electron chi connectivity index (χ3n) is 4.48. The van der Waals surface area contributed by atoms with Crippen LogP contribution >= 0.6 is 0 Å². The highest BCUT2D eigenvalue weighted by atomic mass is 19.1. The first-order valence-corrected chi connectivity index (χ1v) is 7.72. The Kier molecular flexibility index (Phi) is 6.00. The van der Waals surface area contributed by atoms with E-state index in [1.807, 2.05) is 12.1 Å².